The number of hydrogen-bond donors (Lipinski definition) is 1. The molecule has 3 aromatic heterocycles. The minimum atomic E-state index is -0.132. The molecule has 33 heavy (non-hydrogen) atoms. The Kier molecular flexibility index (Phi) is 5.80. The summed E-state index contributed by atoms with van der Waals surface area (Å²) in [6, 6.07) is 13.4. The molecule has 3 heterocycles. The minimum absolute atomic E-state index is 0.132. The van der Waals surface area contributed by atoms with Gasteiger partial charge in [0.25, 0.3) is 11.9 Å². The summed E-state index contributed by atoms with van der Waals surface area (Å²) in [4.78, 5) is 26.3. The van der Waals surface area contributed by atoms with Gasteiger partial charge in [-0.2, -0.15) is 5.10 Å². The molecule has 0 aliphatic heterocycles. The molecule has 0 atom stereocenters. The van der Waals surface area contributed by atoms with Crippen LogP contribution in [0.5, 0.6) is 5.75 Å². The average Bonchev–Trinajstić information content (AvgIpc) is 3.62. The van der Waals surface area contributed by atoms with Crippen LogP contribution >= 0.6 is 0 Å². The number of nitrogens with one attached hydrogen (secondary N) is 1. The molecular weight excluding hydrogens is 416 g/mol. The van der Waals surface area contributed by atoms with Crippen LogP contribution in [0.25, 0.3) is 17.2 Å². The van der Waals surface area contributed by atoms with Gasteiger partial charge in [-0.25, -0.2) is 14.6 Å². The predicted octanol–water partition coefficient (Wildman–Crippen LogP) is 3.58. The SMILES string of the molecule is COc1ccccc1-c1ccnc(-n2ncc(C(=O)NCCc3cccnc3)c2C2CC2)n1. The lowest BCUT2D eigenvalue weighted by Gasteiger charge is -2.11. The lowest BCUT2D eigenvalue weighted by atomic mass is 10.1. The first-order valence-electron chi connectivity index (χ1n) is 11.0. The molecule has 1 fully saturated rings. The Hall–Kier alpha value is -4.07. The average molecular weight is 441 g/mol. The quantitative estimate of drug-likeness (QED) is 0.450. The normalized spacial score (nSPS) is 13.0. The number of nitrogens with zero attached hydrogens (tertiary/aromatic N) is 5. The lowest BCUT2D eigenvalue weighted by Crippen LogP contribution is -2.26. The van der Waals surface area contributed by atoms with E-state index in [4.69, 9.17) is 9.72 Å². The van der Waals surface area contributed by atoms with Crippen LogP contribution < -0.4 is 10.1 Å². The summed E-state index contributed by atoms with van der Waals surface area (Å²) in [6.45, 7) is 0.527. The van der Waals surface area contributed by atoms with E-state index in [1.165, 1.54) is 0 Å². The molecule has 1 N–H and O–H groups in total. The number of methoxy groups -OCH3 is 1. The van der Waals surface area contributed by atoms with Crippen LogP contribution in [-0.4, -0.2) is 44.3 Å². The van der Waals surface area contributed by atoms with Crippen molar-refractivity contribution in [3.05, 3.63) is 84.1 Å². The fraction of sp³-hybridized carbons (Fsp3) is 0.240. The van der Waals surface area contributed by atoms with E-state index in [2.05, 4.69) is 20.4 Å². The maximum atomic E-state index is 13.0. The number of ether oxygens (including phenoxy) is 1. The molecule has 166 valence electrons. The number of carbonyl (C=O) groups is 1. The summed E-state index contributed by atoms with van der Waals surface area (Å²) < 4.78 is 7.18. The van der Waals surface area contributed by atoms with E-state index in [0.717, 1.165) is 47.5 Å². The number of para-hydroxylation sites is 1. The molecule has 8 heteroatoms. The van der Waals surface area contributed by atoms with Crippen molar-refractivity contribution < 1.29 is 9.53 Å². The molecule has 1 aliphatic carbocycles. The summed E-state index contributed by atoms with van der Waals surface area (Å²) >= 11 is 0. The zero-order valence-electron chi connectivity index (χ0n) is 18.3. The third kappa shape index (κ3) is 4.45. The zero-order valence-corrected chi connectivity index (χ0v) is 18.3. The Bertz CT molecular complexity index is 1270. The van der Waals surface area contributed by atoms with E-state index < -0.39 is 0 Å². The predicted molar refractivity (Wildman–Crippen MR) is 123 cm³/mol. The molecule has 1 saturated carbocycles. The summed E-state index contributed by atoms with van der Waals surface area (Å²) in [6.07, 6.45) is 9.63. The third-order valence-corrected chi connectivity index (χ3v) is 5.65. The number of rotatable bonds is 8. The summed E-state index contributed by atoms with van der Waals surface area (Å²) in [5.41, 5.74) is 4.13. The highest BCUT2D eigenvalue weighted by Crippen LogP contribution is 2.42. The topological polar surface area (TPSA) is 94.8 Å². The Morgan fingerprint density at radius 3 is 2.79 bits per heavy atom. The molecule has 4 aromatic rings. The van der Waals surface area contributed by atoms with Gasteiger partial charge < -0.3 is 10.1 Å². The maximum Gasteiger partial charge on any atom is 0.254 e. The summed E-state index contributed by atoms with van der Waals surface area (Å²) in [7, 11) is 1.64. The molecular formula is C25H24N6O2. The van der Waals surface area contributed by atoms with Gasteiger partial charge in [-0.15, -0.1) is 0 Å². The minimum Gasteiger partial charge on any atom is -0.496 e. The van der Waals surface area contributed by atoms with Gasteiger partial charge in [0.1, 0.15) is 5.75 Å². The summed E-state index contributed by atoms with van der Waals surface area (Å²) in [5, 5.41) is 7.51. The van der Waals surface area contributed by atoms with Gasteiger partial charge in [0.15, 0.2) is 0 Å². The van der Waals surface area contributed by atoms with Crippen LogP contribution in [0, 0.1) is 0 Å². The molecule has 1 aliphatic rings. The summed E-state index contributed by atoms with van der Waals surface area (Å²) in [5.74, 6) is 1.33. The highest BCUT2D eigenvalue weighted by Gasteiger charge is 2.33. The molecule has 8 nitrogen and oxygen atoms in total. The highest BCUT2D eigenvalue weighted by molar-refractivity contribution is 5.95. The van der Waals surface area contributed by atoms with Gasteiger partial charge >= 0.3 is 0 Å². The van der Waals surface area contributed by atoms with Crippen molar-refractivity contribution in [1.82, 2.24) is 30.0 Å². The Balaban J connectivity index is 1.40. The fourth-order valence-corrected chi connectivity index (χ4v) is 3.86. The first-order chi connectivity index (χ1) is 16.2. The van der Waals surface area contributed by atoms with Crippen molar-refractivity contribution in [2.45, 2.75) is 25.2 Å². The fourth-order valence-electron chi connectivity index (χ4n) is 3.86. The van der Waals surface area contributed by atoms with Crippen molar-refractivity contribution in [3.8, 4) is 23.0 Å². The van der Waals surface area contributed by atoms with Gasteiger partial charge in [-0.3, -0.25) is 9.78 Å². The lowest BCUT2D eigenvalue weighted by molar-refractivity contribution is 0.0953. The van der Waals surface area contributed by atoms with Crippen LogP contribution in [0.2, 0.25) is 0 Å². The molecule has 1 aromatic carbocycles. The van der Waals surface area contributed by atoms with Crippen molar-refractivity contribution in [2.24, 2.45) is 0 Å². The van der Waals surface area contributed by atoms with E-state index in [9.17, 15) is 4.79 Å². The molecule has 0 radical (unpaired) electrons. The van der Waals surface area contributed by atoms with Gasteiger partial charge in [-0.05, 0) is 49.1 Å². The van der Waals surface area contributed by atoms with E-state index in [1.807, 2.05) is 48.7 Å². The molecule has 0 bridgehead atoms. The van der Waals surface area contributed by atoms with Crippen molar-refractivity contribution in [1.29, 1.82) is 0 Å². The smallest absolute Gasteiger partial charge is 0.254 e. The van der Waals surface area contributed by atoms with E-state index >= 15 is 0 Å². The number of pyridine rings is 1. The second-order valence-electron chi connectivity index (χ2n) is 7.94. The largest absolute Gasteiger partial charge is 0.496 e. The van der Waals surface area contributed by atoms with Crippen LogP contribution in [0.15, 0.2) is 67.3 Å². The van der Waals surface area contributed by atoms with E-state index in [-0.39, 0.29) is 11.8 Å². The van der Waals surface area contributed by atoms with E-state index in [1.54, 1.807) is 30.4 Å². The van der Waals surface area contributed by atoms with Crippen molar-refractivity contribution >= 4 is 5.91 Å². The third-order valence-electron chi connectivity index (χ3n) is 5.65. The van der Waals surface area contributed by atoms with Crippen LogP contribution in [0.3, 0.4) is 0 Å². The second-order valence-corrected chi connectivity index (χ2v) is 7.94. The zero-order chi connectivity index (χ0) is 22.6. The van der Waals surface area contributed by atoms with Crippen LogP contribution in [-0.2, 0) is 6.42 Å². The first kappa shape index (κ1) is 20.8. The number of aromatic nitrogens is 5. The second kappa shape index (κ2) is 9.20. The van der Waals surface area contributed by atoms with Crippen molar-refractivity contribution in [3.63, 3.8) is 0 Å². The Morgan fingerprint density at radius 2 is 2.00 bits per heavy atom. The van der Waals surface area contributed by atoms with Gasteiger partial charge in [-0.1, -0.05) is 18.2 Å². The number of amides is 1. The molecule has 0 spiro atoms. The molecule has 0 unspecified atom stereocenters. The Labute approximate surface area is 191 Å². The highest BCUT2D eigenvalue weighted by atomic mass is 16.5. The Morgan fingerprint density at radius 1 is 1.12 bits per heavy atom. The van der Waals surface area contributed by atoms with Gasteiger partial charge in [0.05, 0.1) is 30.3 Å². The number of benzene rings is 1. The number of carbonyl (C=O) groups excluding carboxylic acids is 1. The van der Waals surface area contributed by atoms with Crippen molar-refractivity contribution in [2.75, 3.05) is 13.7 Å². The first-order valence-corrected chi connectivity index (χ1v) is 11.0. The number of hydrogen-bond acceptors (Lipinski definition) is 6. The standard InChI is InChI=1S/C25H24N6O2/c1-33-22-7-3-2-6-19(22)21-11-14-28-25(30-21)31-23(18-8-9-18)20(16-29-31)24(32)27-13-10-17-5-4-12-26-15-17/h2-7,11-12,14-16,18H,8-10,13H2,1H3,(H,27,32). The molecule has 1 amide bonds. The molecule has 5 rings (SSSR count). The molecule has 0 saturated heterocycles. The maximum absolute atomic E-state index is 13.0. The van der Waals surface area contributed by atoms with Crippen LogP contribution in [0.4, 0.5) is 0 Å². The van der Waals surface area contributed by atoms with Crippen LogP contribution in [0.1, 0.15) is 40.4 Å². The van der Waals surface area contributed by atoms with Gasteiger partial charge in [0, 0.05) is 36.6 Å². The monoisotopic (exact) mass is 440 g/mol. The van der Waals surface area contributed by atoms with Gasteiger partial charge in [0.2, 0.25) is 0 Å². The van der Waals surface area contributed by atoms with E-state index in [0.29, 0.717) is 18.1 Å².